The van der Waals surface area contributed by atoms with Crippen LogP contribution in [0.15, 0.2) is 6.07 Å². The van der Waals surface area contributed by atoms with Gasteiger partial charge in [0.05, 0.1) is 26.6 Å². The highest BCUT2D eigenvalue weighted by atomic mass is 16.5. The zero-order valence-electron chi connectivity index (χ0n) is 9.68. The molecule has 4 heteroatoms. The van der Waals surface area contributed by atoms with Gasteiger partial charge < -0.3 is 20.5 Å². The summed E-state index contributed by atoms with van der Waals surface area (Å²) < 4.78 is 10.6. The van der Waals surface area contributed by atoms with Crippen molar-refractivity contribution in [3.63, 3.8) is 0 Å². The molecule has 0 unspecified atom stereocenters. The molecule has 3 N–H and O–H groups in total. The minimum absolute atomic E-state index is 0.363. The van der Waals surface area contributed by atoms with Crippen LogP contribution in [0.3, 0.4) is 0 Å². The SMILES string of the molecule is COc1cc(NCN)c(OC)c(C)c1C. The standard InChI is InChI=1S/C11H18N2O2/c1-7-8(2)11(15-4)9(13-6-12)5-10(7)14-3/h5,13H,6,12H2,1-4H3. The summed E-state index contributed by atoms with van der Waals surface area (Å²) >= 11 is 0. The Hall–Kier alpha value is -1.42. The molecule has 4 nitrogen and oxygen atoms in total. The third kappa shape index (κ3) is 2.15. The normalized spacial score (nSPS) is 9.93. The summed E-state index contributed by atoms with van der Waals surface area (Å²) in [5.74, 6) is 1.66. The number of hydrogen-bond acceptors (Lipinski definition) is 4. The van der Waals surface area contributed by atoms with Gasteiger partial charge in [0.2, 0.25) is 0 Å². The number of hydrogen-bond donors (Lipinski definition) is 2. The second-order valence-corrected chi connectivity index (χ2v) is 3.29. The summed E-state index contributed by atoms with van der Waals surface area (Å²) in [6.45, 7) is 4.36. The van der Waals surface area contributed by atoms with Crippen LogP contribution in [0.5, 0.6) is 11.5 Å². The molecule has 0 bridgehead atoms. The molecule has 0 radical (unpaired) electrons. The van der Waals surface area contributed by atoms with Crippen molar-refractivity contribution in [2.24, 2.45) is 5.73 Å². The fraction of sp³-hybridized carbons (Fsp3) is 0.455. The molecule has 1 rings (SSSR count). The van der Waals surface area contributed by atoms with Crippen molar-refractivity contribution in [2.45, 2.75) is 13.8 Å². The molecule has 0 aliphatic heterocycles. The third-order valence-corrected chi connectivity index (χ3v) is 2.51. The van der Waals surface area contributed by atoms with Gasteiger partial charge in [0, 0.05) is 6.07 Å². The summed E-state index contributed by atoms with van der Waals surface area (Å²) in [4.78, 5) is 0. The van der Waals surface area contributed by atoms with Gasteiger partial charge >= 0.3 is 0 Å². The molecule has 0 fully saturated rings. The first-order valence-corrected chi connectivity index (χ1v) is 4.81. The Morgan fingerprint density at radius 2 is 1.87 bits per heavy atom. The van der Waals surface area contributed by atoms with Gasteiger partial charge in [-0.1, -0.05) is 0 Å². The van der Waals surface area contributed by atoms with E-state index in [-0.39, 0.29) is 0 Å². The summed E-state index contributed by atoms with van der Waals surface area (Å²) in [5.41, 5.74) is 8.46. The van der Waals surface area contributed by atoms with Crippen molar-refractivity contribution >= 4 is 5.69 Å². The van der Waals surface area contributed by atoms with E-state index in [1.807, 2.05) is 19.9 Å². The highest BCUT2D eigenvalue weighted by Gasteiger charge is 2.12. The fourth-order valence-corrected chi connectivity index (χ4v) is 1.58. The minimum Gasteiger partial charge on any atom is -0.496 e. The highest BCUT2D eigenvalue weighted by Crippen LogP contribution is 2.36. The first kappa shape index (κ1) is 11.7. The quantitative estimate of drug-likeness (QED) is 0.742. The van der Waals surface area contributed by atoms with Crippen LogP contribution in [0.1, 0.15) is 11.1 Å². The Bertz CT molecular complexity index is 351. The molecule has 0 spiro atoms. The maximum absolute atomic E-state index is 5.46. The van der Waals surface area contributed by atoms with E-state index in [0.29, 0.717) is 6.67 Å². The van der Waals surface area contributed by atoms with Crippen LogP contribution in [-0.4, -0.2) is 20.9 Å². The summed E-state index contributed by atoms with van der Waals surface area (Å²) in [6.07, 6.45) is 0. The smallest absolute Gasteiger partial charge is 0.145 e. The Morgan fingerprint density at radius 1 is 1.20 bits per heavy atom. The predicted octanol–water partition coefficient (Wildman–Crippen LogP) is 1.65. The van der Waals surface area contributed by atoms with Crippen LogP contribution in [0.25, 0.3) is 0 Å². The Balaban J connectivity index is 3.30. The van der Waals surface area contributed by atoms with Crippen LogP contribution in [0.4, 0.5) is 5.69 Å². The third-order valence-electron chi connectivity index (χ3n) is 2.51. The largest absolute Gasteiger partial charge is 0.496 e. The van der Waals surface area contributed by atoms with Crippen molar-refractivity contribution in [2.75, 3.05) is 26.2 Å². The van der Waals surface area contributed by atoms with E-state index in [1.54, 1.807) is 14.2 Å². The number of anilines is 1. The van der Waals surface area contributed by atoms with E-state index >= 15 is 0 Å². The highest BCUT2D eigenvalue weighted by molar-refractivity contribution is 5.66. The molecule has 0 aliphatic carbocycles. The van der Waals surface area contributed by atoms with Crippen LogP contribution in [-0.2, 0) is 0 Å². The first-order chi connectivity index (χ1) is 7.15. The second-order valence-electron chi connectivity index (χ2n) is 3.29. The molecular formula is C11H18N2O2. The van der Waals surface area contributed by atoms with Gasteiger partial charge in [-0.05, 0) is 25.0 Å². The van der Waals surface area contributed by atoms with E-state index < -0.39 is 0 Å². The molecule has 0 saturated heterocycles. The molecule has 1 aromatic rings. The van der Waals surface area contributed by atoms with Gasteiger partial charge in [-0.15, -0.1) is 0 Å². The van der Waals surface area contributed by atoms with Crippen molar-refractivity contribution in [1.29, 1.82) is 0 Å². The van der Waals surface area contributed by atoms with Crippen molar-refractivity contribution < 1.29 is 9.47 Å². The average Bonchev–Trinajstić information content (AvgIpc) is 2.24. The van der Waals surface area contributed by atoms with Gasteiger partial charge in [0.15, 0.2) is 0 Å². The fourth-order valence-electron chi connectivity index (χ4n) is 1.58. The number of nitrogens with one attached hydrogen (secondary N) is 1. The maximum atomic E-state index is 5.46. The molecule has 84 valence electrons. The Kier molecular flexibility index (Phi) is 3.80. The van der Waals surface area contributed by atoms with E-state index in [0.717, 1.165) is 28.3 Å². The summed E-state index contributed by atoms with van der Waals surface area (Å²) in [6, 6.07) is 1.90. The lowest BCUT2D eigenvalue weighted by atomic mass is 10.1. The zero-order valence-corrected chi connectivity index (χ0v) is 9.68. The van der Waals surface area contributed by atoms with Gasteiger partial charge in [-0.25, -0.2) is 0 Å². The number of rotatable bonds is 4. The molecular weight excluding hydrogens is 192 g/mol. The predicted molar refractivity (Wildman–Crippen MR) is 61.7 cm³/mol. The van der Waals surface area contributed by atoms with Crippen LogP contribution in [0.2, 0.25) is 0 Å². The zero-order chi connectivity index (χ0) is 11.4. The number of ether oxygens (including phenoxy) is 2. The van der Waals surface area contributed by atoms with Gasteiger partial charge in [-0.2, -0.15) is 0 Å². The topological polar surface area (TPSA) is 56.5 Å². The van der Waals surface area contributed by atoms with Crippen LogP contribution >= 0.6 is 0 Å². The molecule has 0 heterocycles. The average molecular weight is 210 g/mol. The Morgan fingerprint density at radius 3 is 2.33 bits per heavy atom. The van der Waals surface area contributed by atoms with Crippen LogP contribution in [0, 0.1) is 13.8 Å². The summed E-state index contributed by atoms with van der Waals surface area (Å²) in [7, 11) is 3.30. The minimum atomic E-state index is 0.363. The number of benzene rings is 1. The Labute approximate surface area is 90.4 Å². The molecule has 0 aliphatic rings. The second kappa shape index (κ2) is 4.89. The van der Waals surface area contributed by atoms with Gasteiger partial charge in [0.25, 0.3) is 0 Å². The molecule has 0 atom stereocenters. The lowest BCUT2D eigenvalue weighted by Crippen LogP contribution is -2.12. The van der Waals surface area contributed by atoms with E-state index in [9.17, 15) is 0 Å². The monoisotopic (exact) mass is 210 g/mol. The van der Waals surface area contributed by atoms with Gasteiger partial charge in [-0.3, -0.25) is 0 Å². The molecule has 0 saturated carbocycles. The molecule has 0 aromatic heterocycles. The summed E-state index contributed by atoms with van der Waals surface area (Å²) in [5, 5.41) is 3.04. The van der Waals surface area contributed by atoms with Gasteiger partial charge in [0.1, 0.15) is 11.5 Å². The molecule has 15 heavy (non-hydrogen) atoms. The van der Waals surface area contributed by atoms with E-state index in [4.69, 9.17) is 15.2 Å². The lowest BCUT2D eigenvalue weighted by Gasteiger charge is -2.17. The molecule has 1 aromatic carbocycles. The maximum Gasteiger partial charge on any atom is 0.145 e. The first-order valence-electron chi connectivity index (χ1n) is 4.81. The number of methoxy groups -OCH3 is 2. The van der Waals surface area contributed by atoms with Crippen molar-refractivity contribution in [3.05, 3.63) is 17.2 Å². The van der Waals surface area contributed by atoms with Crippen LogP contribution < -0.4 is 20.5 Å². The van der Waals surface area contributed by atoms with E-state index in [2.05, 4.69) is 5.32 Å². The number of nitrogens with two attached hydrogens (primary N) is 1. The van der Waals surface area contributed by atoms with Crippen molar-refractivity contribution in [3.8, 4) is 11.5 Å². The lowest BCUT2D eigenvalue weighted by molar-refractivity contribution is 0.399. The van der Waals surface area contributed by atoms with Crippen molar-refractivity contribution in [1.82, 2.24) is 0 Å². The van der Waals surface area contributed by atoms with E-state index in [1.165, 1.54) is 0 Å². The molecule has 0 amide bonds.